The first-order valence-electron chi connectivity index (χ1n) is 6.80. The van der Waals surface area contributed by atoms with Gasteiger partial charge in [0, 0.05) is 29.5 Å². The lowest BCUT2D eigenvalue weighted by atomic mass is 10.1. The number of hydrogen-bond acceptors (Lipinski definition) is 3. The number of pyridine rings is 1. The SMILES string of the molecule is CNC(=O)c1ccccc1C#CCNC(=O)c1cncc(Br)c1. The fourth-order valence-corrected chi connectivity index (χ4v) is 2.19. The Morgan fingerprint density at radius 3 is 2.74 bits per heavy atom. The highest BCUT2D eigenvalue weighted by Crippen LogP contribution is 2.09. The average molecular weight is 372 g/mol. The molecule has 0 saturated carbocycles. The Morgan fingerprint density at radius 2 is 2.00 bits per heavy atom. The minimum absolute atomic E-state index is 0.174. The lowest BCUT2D eigenvalue weighted by molar-refractivity contribution is 0.0952. The number of rotatable bonds is 3. The molecule has 23 heavy (non-hydrogen) atoms. The van der Waals surface area contributed by atoms with Crippen molar-refractivity contribution in [3.05, 3.63) is 63.9 Å². The van der Waals surface area contributed by atoms with Crippen molar-refractivity contribution < 1.29 is 9.59 Å². The second-order valence-corrected chi connectivity index (χ2v) is 5.42. The number of halogens is 1. The van der Waals surface area contributed by atoms with E-state index in [1.54, 1.807) is 37.5 Å². The summed E-state index contributed by atoms with van der Waals surface area (Å²) in [6.07, 6.45) is 3.08. The molecule has 0 bridgehead atoms. The Bertz CT molecular complexity index is 794. The molecule has 2 amide bonds. The highest BCUT2D eigenvalue weighted by molar-refractivity contribution is 9.10. The molecule has 116 valence electrons. The molecule has 0 aliphatic rings. The van der Waals surface area contributed by atoms with E-state index in [9.17, 15) is 9.59 Å². The molecule has 0 aliphatic heterocycles. The highest BCUT2D eigenvalue weighted by atomic mass is 79.9. The van der Waals surface area contributed by atoms with Gasteiger partial charge in [0.2, 0.25) is 0 Å². The van der Waals surface area contributed by atoms with Crippen LogP contribution in [0.2, 0.25) is 0 Å². The van der Waals surface area contributed by atoms with Crippen LogP contribution in [0.25, 0.3) is 0 Å². The van der Waals surface area contributed by atoms with Gasteiger partial charge in [0.15, 0.2) is 0 Å². The van der Waals surface area contributed by atoms with Crippen LogP contribution in [0.5, 0.6) is 0 Å². The van der Waals surface area contributed by atoms with Gasteiger partial charge in [0.05, 0.1) is 17.7 Å². The maximum absolute atomic E-state index is 11.9. The van der Waals surface area contributed by atoms with Crippen LogP contribution in [0.1, 0.15) is 26.3 Å². The summed E-state index contributed by atoms with van der Waals surface area (Å²) in [5.41, 5.74) is 1.57. The van der Waals surface area contributed by atoms with Crippen LogP contribution in [0.15, 0.2) is 47.2 Å². The van der Waals surface area contributed by atoms with E-state index in [2.05, 4.69) is 43.4 Å². The number of nitrogens with one attached hydrogen (secondary N) is 2. The van der Waals surface area contributed by atoms with Gasteiger partial charge >= 0.3 is 0 Å². The first-order valence-corrected chi connectivity index (χ1v) is 7.60. The molecule has 2 rings (SSSR count). The summed E-state index contributed by atoms with van der Waals surface area (Å²) < 4.78 is 0.732. The van der Waals surface area contributed by atoms with Crippen LogP contribution in [0.4, 0.5) is 0 Å². The van der Waals surface area contributed by atoms with Gasteiger partial charge in [-0.25, -0.2) is 0 Å². The van der Waals surface area contributed by atoms with Gasteiger partial charge in [0.25, 0.3) is 11.8 Å². The highest BCUT2D eigenvalue weighted by Gasteiger charge is 2.07. The second kappa shape index (κ2) is 8.11. The van der Waals surface area contributed by atoms with Gasteiger partial charge in [-0.2, -0.15) is 0 Å². The molecule has 1 aromatic carbocycles. The summed E-state index contributed by atoms with van der Waals surface area (Å²) in [7, 11) is 1.57. The van der Waals surface area contributed by atoms with Crippen molar-refractivity contribution in [3.8, 4) is 11.8 Å². The van der Waals surface area contributed by atoms with E-state index in [0.29, 0.717) is 16.7 Å². The maximum Gasteiger partial charge on any atom is 0.253 e. The van der Waals surface area contributed by atoms with Gasteiger partial charge in [0.1, 0.15) is 0 Å². The van der Waals surface area contributed by atoms with E-state index in [-0.39, 0.29) is 18.4 Å². The van der Waals surface area contributed by atoms with Crippen molar-refractivity contribution in [1.29, 1.82) is 0 Å². The summed E-state index contributed by atoms with van der Waals surface area (Å²) in [5.74, 6) is 5.29. The first kappa shape index (κ1) is 16.7. The van der Waals surface area contributed by atoms with Crippen LogP contribution in [0.3, 0.4) is 0 Å². The Labute approximate surface area is 142 Å². The van der Waals surface area contributed by atoms with Gasteiger partial charge < -0.3 is 10.6 Å². The molecule has 0 unspecified atom stereocenters. The number of benzene rings is 1. The zero-order chi connectivity index (χ0) is 16.7. The topological polar surface area (TPSA) is 71.1 Å². The Morgan fingerprint density at radius 1 is 1.22 bits per heavy atom. The third-order valence-electron chi connectivity index (χ3n) is 2.93. The van der Waals surface area contributed by atoms with Crippen molar-refractivity contribution in [1.82, 2.24) is 15.6 Å². The molecule has 2 N–H and O–H groups in total. The Hall–Kier alpha value is -2.65. The van der Waals surface area contributed by atoms with E-state index < -0.39 is 0 Å². The third kappa shape index (κ3) is 4.66. The minimum atomic E-state index is -0.257. The average Bonchev–Trinajstić information content (AvgIpc) is 2.58. The minimum Gasteiger partial charge on any atom is -0.355 e. The van der Waals surface area contributed by atoms with Gasteiger partial charge in [-0.3, -0.25) is 14.6 Å². The molecule has 0 atom stereocenters. The molecule has 1 heterocycles. The molecule has 0 aliphatic carbocycles. The largest absolute Gasteiger partial charge is 0.355 e. The molecule has 0 spiro atoms. The van der Waals surface area contributed by atoms with Crippen molar-refractivity contribution in [2.24, 2.45) is 0 Å². The van der Waals surface area contributed by atoms with Crippen molar-refractivity contribution in [3.63, 3.8) is 0 Å². The molecule has 2 aromatic rings. The van der Waals surface area contributed by atoms with E-state index in [0.717, 1.165) is 4.47 Å². The quantitative estimate of drug-likeness (QED) is 0.810. The van der Waals surface area contributed by atoms with E-state index >= 15 is 0 Å². The number of carbonyl (C=O) groups excluding carboxylic acids is 2. The Balaban J connectivity index is 2.02. The monoisotopic (exact) mass is 371 g/mol. The summed E-state index contributed by atoms with van der Waals surface area (Å²) in [6.45, 7) is 0.174. The number of nitrogens with zero attached hydrogens (tertiary/aromatic N) is 1. The molecule has 0 radical (unpaired) electrons. The van der Waals surface area contributed by atoms with Crippen LogP contribution >= 0.6 is 15.9 Å². The zero-order valence-electron chi connectivity index (χ0n) is 12.4. The molecular weight excluding hydrogens is 358 g/mol. The fourth-order valence-electron chi connectivity index (χ4n) is 1.83. The predicted octanol–water partition coefficient (Wildman–Crippen LogP) is 1.99. The third-order valence-corrected chi connectivity index (χ3v) is 3.36. The number of hydrogen-bond donors (Lipinski definition) is 2. The standard InChI is InChI=1S/C17H14BrN3O2/c1-19-17(23)15-7-3-2-5-12(15)6-4-8-21-16(22)13-9-14(18)11-20-10-13/h2-3,5,7,9-11H,8H2,1H3,(H,19,23)(H,21,22). The summed E-state index contributed by atoms with van der Waals surface area (Å²) in [6, 6.07) is 8.73. The molecule has 0 fully saturated rings. The van der Waals surface area contributed by atoms with Crippen LogP contribution in [-0.2, 0) is 0 Å². The van der Waals surface area contributed by atoms with Crippen LogP contribution < -0.4 is 10.6 Å². The molecule has 6 heteroatoms. The molecule has 1 aromatic heterocycles. The summed E-state index contributed by atoms with van der Waals surface area (Å²) in [4.78, 5) is 27.6. The summed E-state index contributed by atoms with van der Waals surface area (Å²) in [5, 5.41) is 5.25. The Kier molecular flexibility index (Phi) is 5.89. The van der Waals surface area contributed by atoms with Crippen molar-refractivity contribution in [2.45, 2.75) is 0 Å². The number of amides is 2. The zero-order valence-corrected chi connectivity index (χ0v) is 14.0. The molecular formula is C17H14BrN3O2. The first-order chi connectivity index (χ1) is 11.1. The van der Waals surface area contributed by atoms with Gasteiger partial charge in [-0.05, 0) is 34.1 Å². The van der Waals surface area contributed by atoms with E-state index in [4.69, 9.17) is 0 Å². The fraction of sp³-hybridized carbons (Fsp3) is 0.118. The molecule has 5 nitrogen and oxygen atoms in total. The lowest BCUT2D eigenvalue weighted by Gasteiger charge is -2.02. The smallest absolute Gasteiger partial charge is 0.253 e. The number of carbonyl (C=O) groups is 2. The van der Waals surface area contributed by atoms with Gasteiger partial charge in [-0.15, -0.1) is 0 Å². The second-order valence-electron chi connectivity index (χ2n) is 4.50. The molecule has 0 saturated heterocycles. The van der Waals surface area contributed by atoms with Crippen LogP contribution in [0, 0.1) is 11.8 Å². The van der Waals surface area contributed by atoms with E-state index in [1.165, 1.54) is 6.20 Å². The van der Waals surface area contributed by atoms with E-state index in [1.807, 2.05) is 6.07 Å². The predicted molar refractivity (Wildman–Crippen MR) is 91.0 cm³/mol. The van der Waals surface area contributed by atoms with Gasteiger partial charge in [-0.1, -0.05) is 24.0 Å². The van der Waals surface area contributed by atoms with Crippen molar-refractivity contribution >= 4 is 27.7 Å². The van der Waals surface area contributed by atoms with Crippen LogP contribution in [-0.4, -0.2) is 30.4 Å². The normalized spacial score (nSPS) is 9.48. The lowest BCUT2D eigenvalue weighted by Crippen LogP contribution is -2.23. The number of aromatic nitrogens is 1. The van der Waals surface area contributed by atoms with Crippen molar-refractivity contribution in [2.75, 3.05) is 13.6 Å². The summed E-state index contributed by atoms with van der Waals surface area (Å²) >= 11 is 3.26. The maximum atomic E-state index is 11.9.